The highest BCUT2D eigenvalue weighted by Crippen LogP contribution is 2.26. The van der Waals surface area contributed by atoms with Crippen LogP contribution < -0.4 is 5.32 Å². The van der Waals surface area contributed by atoms with Gasteiger partial charge in [-0.05, 0) is 41.3 Å². The van der Waals surface area contributed by atoms with E-state index in [9.17, 15) is 9.59 Å². The van der Waals surface area contributed by atoms with Gasteiger partial charge in [0, 0.05) is 22.8 Å². The number of hydrogen-bond donors (Lipinski definition) is 1. The van der Waals surface area contributed by atoms with E-state index in [0.717, 1.165) is 34.4 Å². The molecule has 31 heavy (non-hydrogen) atoms. The molecule has 0 aliphatic carbocycles. The monoisotopic (exact) mass is 456 g/mol. The Bertz CT molecular complexity index is 877. The minimum Gasteiger partial charge on any atom is -0.445 e. The van der Waals surface area contributed by atoms with Crippen LogP contribution in [0.15, 0.2) is 65.4 Å². The lowest BCUT2D eigenvalue weighted by Gasteiger charge is -2.40. The average Bonchev–Trinajstić information content (AvgIpc) is 3.50. The van der Waals surface area contributed by atoms with Crippen LogP contribution in [0, 0.1) is 0 Å². The topological polar surface area (TPSA) is 58.6 Å². The molecule has 5 nitrogen and oxygen atoms in total. The molecular weight excluding hydrogens is 428 g/mol. The summed E-state index contributed by atoms with van der Waals surface area (Å²) in [6.07, 6.45) is 2.53. The number of benzene rings is 1. The van der Waals surface area contributed by atoms with Crippen molar-refractivity contribution in [2.75, 3.05) is 0 Å². The Morgan fingerprint density at radius 3 is 2.19 bits per heavy atom. The first-order valence-corrected chi connectivity index (χ1v) is 12.2. The summed E-state index contributed by atoms with van der Waals surface area (Å²) in [6, 6.07) is 17.6. The first-order valence-electron chi connectivity index (χ1n) is 10.4. The van der Waals surface area contributed by atoms with Crippen molar-refractivity contribution in [3.05, 3.63) is 80.7 Å². The molecule has 7 heteroatoms. The third kappa shape index (κ3) is 6.75. The SMILES string of the molecule is CCCC[C@](C=O)(NC(=O)OCc1ccccc1)N(Cc1cccs1)Cc1cccs1. The molecule has 0 unspecified atom stereocenters. The van der Waals surface area contributed by atoms with E-state index in [1.165, 1.54) is 0 Å². The van der Waals surface area contributed by atoms with E-state index >= 15 is 0 Å². The lowest BCUT2D eigenvalue weighted by Crippen LogP contribution is -2.61. The van der Waals surface area contributed by atoms with Gasteiger partial charge in [-0.15, -0.1) is 22.7 Å². The zero-order valence-electron chi connectivity index (χ0n) is 17.7. The Labute approximate surface area is 191 Å². The molecule has 0 aliphatic heterocycles. The number of rotatable bonds is 12. The highest BCUT2D eigenvalue weighted by Gasteiger charge is 2.38. The van der Waals surface area contributed by atoms with Gasteiger partial charge in [0.05, 0.1) is 0 Å². The van der Waals surface area contributed by atoms with Crippen molar-refractivity contribution in [3.8, 4) is 0 Å². The molecule has 2 aromatic heterocycles. The fraction of sp³-hybridized carbons (Fsp3) is 0.333. The molecule has 0 saturated heterocycles. The number of nitrogens with one attached hydrogen (secondary N) is 1. The van der Waals surface area contributed by atoms with E-state index < -0.39 is 11.8 Å². The molecule has 0 fully saturated rings. The first-order chi connectivity index (χ1) is 15.1. The second kappa shape index (κ2) is 11.8. The van der Waals surface area contributed by atoms with Crippen LogP contribution in [0.3, 0.4) is 0 Å². The Hall–Kier alpha value is -2.48. The maximum Gasteiger partial charge on any atom is 0.409 e. The van der Waals surface area contributed by atoms with Crippen molar-refractivity contribution in [1.82, 2.24) is 10.2 Å². The predicted octanol–water partition coefficient (Wildman–Crippen LogP) is 5.82. The molecule has 0 saturated carbocycles. The molecule has 1 amide bonds. The first kappa shape index (κ1) is 23.2. The van der Waals surface area contributed by atoms with Crippen molar-refractivity contribution >= 4 is 35.1 Å². The number of hydrogen-bond acceptors (Lipinski definition) is 6. The zero-order chi connectivity index (χ0) is 21.9. The van der Waals surface area contributed by atoms with E-state index in [-0.39, 0.29) is 6.61 Å². The Morgan fingerprint density at radius 1 is 1.03 bits per heavy atom. The summed E-state index contributed by atoms with van der Waals surface area (Å²) in [5, 5.41) is 6.96. The maximum absolute atomic E-state index is 12.7. The van der Waals surface area contributed by atoms with Gasteiger partial charge in [0.15, 0.2) is 11.9 Å². The molecule has 3 rings (SSSR count). The van der Waals surface area contributed by atoms with Gasteiger partial charge >= 0.3 is 6.09 Å². The third-order valence-electron chi connectivity index (χ3n) is 5.06. The quantitative estimate of drug-likeness (QED) is 0.275. The number of carbonyl (C=O) groups is 2. The largest absolute Gasteiger partial charge is 0.445 e. The molecule has 2 heterocycles. The highest BCUT2D eigenvalue weighted by molar-refractivity contribution is 7.10. The van der Waals surface area contributed by atoms with Crippen LogP contribution >= 0.6 is 22.7 Å². The minimum absolute atomic E-state index is 0.158. The van der Waals surface area contributed by atoms with Crippen molar-refractivity contribution in [3.63, 3.8) is 0 Å². The molecule has 1 atom stereocenters. The summed E-state index contributed by atoms with van der Waals surface area (Å²) in [4.78, 5) is 29.6. The lowest BCUT2D eigenvalue weighted by molar-refractivity contribution is -0.122. The van der Waals surface area contributed by atoms with Crippen molar-refractivity contribution in [2.45, 2.75) is 51.5 Å². The second-order valence-electron chi connectivity index (χ2n) is 7.35. The van der Waals surface area contributed by atoms with Gasteiger partial charge in [-0.25, -0.2) is 4.79 Å². The fourth-order valence-electron chi connectivity index (χ4n) is 3.36. The van der Waals surface area contributed by atoms with Crippen LogP contribution in [0.1, 0.15) is 41.5 Å². The molecular formula is C24H28N2O3S2. The zero-order valence-corrected chi connectivity index (χ0v) is 19.3. The summed E-state index contributed by atoms with van der Waals surface area (Å²) in [5.41, 5.74) is -0.241. The number of carbonyl (C=O) groups excluding carboxylic acids is 2. The fourth-order valence-corrected chi connectivity index (χ4v) is 4.80. The molecule has 0 spiro atoms. The van der Waals surface area contributed by atoms with Crippen molar-refractivity contribution < 1.29 is 14.3 Å². The predicted molar refractivity (Wildman–Crippen MR) is 126 cm³/mol. The third-order valence-corrected chi connectivity index (χ3v) is 6.78. The summed E-state index contributed by atoms with van der Waals surface area (Å²) in [7, 11) is 0. The summed E-state index contributed by atoms with van der Waals surface area (Å²) in [6.45, 7) is 3.37. The summed E-state index contributed by atoms with van der Waals surface area (Å²) >= 11 is 3.29. The molecule has 0 radical (unpaired) electrons. The van der Waals surface area contributed by atoms with Crippen LogP contribution in [0.5, 0.6) is 0 Å². The second-order valence-corrected chi connectivity index (χ2v) is 9.41. The van der Waals surface area contributed by atoms with Gasteiger partial charge in [-0.3, -0.25) is 15.0 Å². The van der Waals surface area contributed by atoms with Gasteiger partial charge in [0.1, 0.15) is 6.61 Å². The molecule has 1 aromatic carbocycles. The van der Waals surface area contributed by atoms with E-state index in [0.29, 0.717) is 19.5 Å². The van der Waals surface area contributed by atoms with Crippen molar-refractivity contribution in [2.24, 2.45) is 0 Å². The maximum atomic E-state index is 12.7. The van der Waals surface area contributed by atoms with Gasteiger partial charge < -0.3 is 4.74 Å². The number of amides is 1. The number of thiophene rings is 2. The Kier molecular flexibility index (Phi) is 8.82. The minimum atomic E-state index is -1.14. The van der Waals surface area contributed by atoms with Crippen LogP contribution in [-0.2, 0) is 29.2 Å². The van der Waals surface area contributed by atoms with E-state index in [1.807, 2.05) is 53.2 Å². The average molecular weight is 457 g/mol. The summed E-state index contributed by atoms with van der Waals surface area (Å²) in [5.74, 6) is 0. The summed E-state index contributed by atoms with van der Waals surface area (Å²) < 4.78 is 5.46. The molecule has 164 valence electrons. The van der Waals surface area contributed by atoms with Crippen LogP contribution in [0.25, 0.3) is 0 Å². The molecule has 3 aromatic rings. The Balaban J connectivity index is 1.81. The normalized spacial score (nSPS) is 13.0. The number of aldehydes is 1. The number of ether oxygens (including phenoxy) is 1. The Morgan fingerprint density at radius 2 is 1.68 bits per heavy atom. The van der Waals surface area contributed by atoms with Gasteiger partial charge in [0.2, 0.25) is 0 Å². The van der Waals surface area contributed by atoms with E-state index in [1.54, 1.807) is 22.7 Å². The standard InChI is InChI=1S/C24H28N2O3S2/c1-2-3-13-24(19-27,25-23(28)29-18-20-9-5-4-6-10-20)26(16-21-11-7-14-30-21)17-22-12-8-15-31-22/h4-12,14-15,19H,2-3,13,16-18H2,1H3,(H,25,28)/t24-/m0/s1. The highest BCUT2D eigenvalue weighted by atomic mass is 32.1. The molecule has 0 aliphatic rings. The van der Waals surface area contributed by atoms with Gasteiger partial charge in [0.25, 0.3) is 0 Å². The van der Waals surface area contributed by atoms with Gasteiger partial charge in [-0.1, -0.05) is 55.8 Å². The molecule has 0 bridgehead atoms. The van der Waals surface area contributed by atoms with Crippen molar-refractivity contribution in [1.29, 1.82) is 0 Å². The van der Waals surface area contributed by atoms with E-state index in [4.69, 9.17) is 4.74 Å². The number of alkyl carbamates (subject to hydrolysis) is 1. The smallest absolute Gasteiger partial charge is 0.409 e. The van der Waals surface area contributed by atoms with E-state index in [2.05, 4.69) is 29.3 Å². The number of unbranched alkanes of at least 4 members (excludes halogenated alkanes) is 1. The molecule has 1 N–H and O–H groups in total. The number of nitrogens with zero attached hydrogens (tertiary/aromatic N) is 1. The van der Waals surface area contributed by atoms with Gasteiger partial charge in [-0.2, -0.15) is 0 Å². The van der Waals surface area contributed by atoms with Crippen LogP contribution in [0.4, 0.5) is 4.79 Å². The lowest BCUT2D eigenvalue weighted by atomic mass is 10.0. The van der Waals surface area contributed by atoms with Crippen LogP contribution in [0.2, 0.25) is 0 Å². The van der Waals surface area contributed by atoms with Crippen LogP contribution in [-0.4, -0.2) is 22.9 Å².